The van der Waals surface area contributed by atoms with Gasteiger partial charge in [-0.1, -0.05) is 12.1 Å². The second-order valence-corrected chi connectivity index (χ2v) is 8.39. The Bertz CT molecular complexity index is 1640. The van der Waals surface area contributed by atoms with Crippen molar-refractivity contribution in [1.29, 1.82) is 0 Å². The maximum Gasteiger partial charge on any atom is 0.416 e. The van der Waals surface area contributed by atoms with Crippen LogP contribution in [0.2, 0.25) is 0 Å². The quantitative estimate of drug-likeness (QED) is 0.176. The van der Waals surface area contributed by atoms with Crippen LogP contribution in [0.3, 0.4) is 0 Å². The Balaban J connectivity index is 1.69. The number of alkyl halides is 6. The molecule has 0 radical (unpaired) electrons. The van der Waals surface area contributed by atoms with Crippen molar-refractivity contribution in [3.05, 3.63) is 101 Å². The zero-order chi connectivity index (χ0) is 27.1. The molecule has 0 N–H and O–H groups in total. The molecule has 0 amide bonds. The second-order valence-electron chi connectivity index (χ2n) is 8.39. The predicted octanol–water partition coefficient (Wildman–Crippen LogP) is 7.88. The number of fused-ring (bicyclic) bond motifs is 2. The Morgan fingerprint density at radius 3 is 2.00 bits per heavy atom. The Morgan fingerprint density at radius 1 is 0.789 bits per heavy atom. The average molecular weight is 527 g/mol. The first-order valence-electron chi connectivity index (χ1n) is 11.5. The molecule has 0 bridgehead atoms. The van der Waals surface area contributed by atoms with E-state index in [-0.39, 0.29) is 11.5 Å². The van der Waals surface area contributed by atoms with E-state index >= 15 is 0 Å². The molecule has 0 spiro atoms. The first kappa shape index (κ1) is 25.3. The number of rotatable bonds is 4. The van der Waals surface area contributed by atoms with Gasteiger partial charge in [-0.05, 0) is 73.7 Å². The summed E-state index contributed by atoms with van der Waals surface area (Å²) in [6.07, 6.45) is -8.94. The summed E-state index contributed by atoms with van der Waals surface area (Å²) in [5.74, 6) is 0.460. The third kappa shape index (κ3) is 4.93. The number of ether oxygens (including phenoxy) is 1. The van der Waals surface area contributed by atoms with E-state index < -0.39 is 23.5 Å². The van der Waals surface area contributed by atoms with Crippen LogP contribution in [-0.4, -0.2) is 16.1 Å². The molecule has 0 saturated heterocycles. The summed E-state index contributed by atoms with van der Waals surface area (Å²) >= 11 is 0. The third-order valence-corrected chi connectivity index (χ3v) is 5.85. The Morgan fingerprint density at radius 2 is 1.39 bits per heavy atom. The van der Waals surface area contributed by atoms with E-state index in [0.29, 0.717) is 40.0 Å². The highest BCUT2D eigenvalue weighted by atomic mass is 19.4. The second kappa shape index (κ2) is 9.51. The molecule has 10 heteroatoms. The zero-order valence-electron chi connectivity index (χ0n) is 19.8. The summed E-state index contributed by atoms with van der Waals surface area (Å²) in [6.45, 7) is 2.20. The number of hydrogen-bond acceptors (Lipinski definition) is 3. The fraction of sp³-hybridized carbons (Fsp3) is 0.143. The Hall–Kier alpha value is -4.34. The SMILES string of the molecule is CCN=c1cc2n(-c3ccc(C(F)(F)F)cc3)c3ccccc3nc-2cc1Oc1ccc(C(F)(F)F)cc1. The summed E-state index contributed by atoms with van der Waals surface area (Å²) in [5.41, 5.74) is 1.20. The summed E-state index contributed by atoms with van der Waals surface area (Å²) in [5, 5.41) is 0.414. The molecule has 4 nitrogen and oxygen atoms in total. The molecule has 1 heterocycles. The van der Waals surface area contributed by atoms with Crippen LogP contribution < -0.4 is 10.1 Å². The van der Waals surface area contributed by atoms with Gasteiger partial charge in [-0.2, -0.15) is 26.3 Å². The van der Waals surface area contributed by atoms with Crippen molar-refractivity contribution in [1.82, 2.24) is 9.55 Å². The first-order chi connectivity index (χ1) is 18.0. The van der Waals surface area contributed by atoms with Gasteiger partial charge in [-0.25, -0.2) is 4.98 Å². The number of benzene rings is 4. The third-order valence-electron chi connectivity index (χ3n) is 5.85. The molecule has 0 fully saturated rings. The van der Waals surface area contributed by atoms with Crippen LogP contribution in [0.5, 0.6) is 11.5 Å². The molecule has 1 aliphatic carbocycles. The molecule has 3 aromatic carbocycles. The molecule has 5 rings (SSSR count). The van der Waals surface area contributed by atoms with Crippen LogP contribution in [0.1, 0.15) is 18.1 Å². The zero-order valence-corrected chi connectivity index (χ0v) is 19.8. The van der Waals surface area contributed by atoms with E-state index in [2.05, 4.69) is 4.99 Å². The van der Waals surface area contributed by atoms with Crippen LogP contribution in [0.15, 0.2) is 89.9 Å². The highest BCUT2D eigenvalue weighted by molar-refractivity contribution is 5.83. The van der Waals surface area contributed by atoms with Crippen LogP contribution in [0.4, 0.5) is 26.3 Å². The van der Waals surface area contributed by atoms with Crippen LogP contribution >= 0.6 is 0 Å². The molecule has 194 valence electrons. The van der Waals surface area contributed by atoms with E-state index in [9.17, 15) is 26.3 Å². The van der Waals surface area contributed by atoms with Crippen molar-refractivity contribution >= 4 is 11.0 Å². The van der Waals surface area contributed by atoms with Gasteiger partial charge in [0, 0.05) is 18.3 Å². The minimum Gasteiger partial charge on any atom is -0.455 e. The Kier molecular flexibility index (Phi) is 6.34. The first-order valence-corrected chi connectivity index (χ1v) is 11.5. The predicted molar refractivity (Wildman–Crippen MR) is 130 cm³/mol. The van der Waals surface area contributed by atoms with Gasteiger partial charge in [0.2, 0.25) is 0 Å². The normalized spacial score (nSPS) is 12.9. The molecule has 0 unspecified atom stereocenters. The lowest BCUT2D eigenvalue weighted by molar-refractivity contribution is -0.138. The van der Waals surface area contributed by atoms with Gasteiger partial charge in [-0.3, -0.25) is 4.99 Å². The van der Waals surface area contributed by atoms with E-state index in [1.807, 2.05) is 13.0 Å². The van der Waals surface area contributed by atoms with Gasteiger partial charge >= 0.3 is 12.4 Å². The Labute approximate surface area is 212 Å². The van der Waals surface area contributed by atoms with Crippen molar-refractivity contribution in [3.63, 3.8) is 0 Å². The lowest BCUT2D eigenvalue weighted by Gasteiger charge is -2.20. The summed E-state index contributed by atoms with van der Waals surface area (Å²) in [6, 6.07) is 19.6. The molecule has 38 heavy (non-hydrogen) atoms. The van der Waals surface area contributed by atoms with E-state index in [1.165, 1.54) is 24.3 Å². The fourth-order valence-corrected chi connectivity index (χ4v) is 4.11. The molecule has 3 aromatic rings. The van der Waals surface area contributed by atoms with Crippen LogP contribution in [-0.2, 0) is 12.4 Å². The number of para-hydroxylation sites is 2. The average Bonchev–Trinajstić information content (AvgIpc) is 2.87. The largest absolute Gasteiger partial charge is 0.455 e. The van der Waals surface area contributed by atoms with Gasteiger partial charge in [-0.15, -0.1) is 0 Å². The lowest BCUT2D eigenvalue weighted by Crippen LogP contribution is -2.14. The number of nitrogens with zero attached hydrogens (tertiary/aromatic N) is 3. The maximum atomic E-state index is 13.2. The van der Waals surface area contributed by atoms with Gasteiger partial charge in [0.15, 0.2) is 5.75 Å². The number of aromatic nitrogens is 2. The van der Waals surface area contributed by atoms with Gasteiger partial charge < -0.3 is 9.30 Å². The minimum atomic E-state index is -4.47. The van der Waals surface area contributed by atoms with Crippen molar-refractivity contribution < 1.29 is 31.1 Å². The minimum absolute atomic E-state index is 0.182. The standard InChI is InChI=1S/C28H19F6N3O/c1-2-35-23-15-25-22(16-26(23)38-20-13-9-18(10-14-20)28(32,33)34)36-21-5-3-4-6-24(21)37(25)19-11-7-17(8-12-19)27(29,30)31/h3-16H,2H2,1H3. The van der Waals surface area contributed by atoms with Crippen molar-refractivity contribution in [2.75, 3.05) is 6.54 Å². The molecule has 0 atom stereocenters. The van der Waals surface area contributed by atoms with Gasteiger partial charge in [0.25, 0.3) is 0 Å². The van der Waals surface area contributed by atoms with Crippen molar-refractivity contribution in [2.45, 2.75) is 19.3 Å². The number of halogens is 6. The fourth-order valence-electron chi connectivity index (χ4n) is 4.11. The van der Waals surface area contributed by atoms with Crippen LogP contribution in [0, 0.1) is 0 Å². The lowest BCUT2D eigenvalue weighted by atomic mass is 10.1. The monoisotopic (exact) mass is 527 g/mol. The number of hydrogen-bond donors (Lipinski definition) is 0. The van der Waals surface area contributed by atoms with Gasteiger partial charge in [0.05, 0.1) is 33.5 Å². The van der Waals surface area contributed by atoms with Crippen molar-refractivity contribution in [2.24, 2.45) is 4.99 Å². The molecule has 1 aliphatic heterocycles. The highest BCUT2D eigenvalue weighted by Gasteiger charge is 2.31. The smallest absolute Gasteiger partial charge is 0.416 e. The summed E-state index contributed by atoms with van der Waals surface area (Å²) in [4.78, 5) is 9.18. The van der Waals surface area contributed by atoms with E-state index in [1.54, 1.807) is 34.9 Å². The molecular formula is C28H19F6N3O. The summed E-state index contributed by atoms with van der Waals surface area (Å²) in [7, 11) is 0. The molecule has 2 aliphatic rings. The van der Waals surface area contributed by atoms with Crippen molar-refractivity contribution in [3.8, 4) is 28.6 Å². The molecule has 0 saturated carbocycles. The highest BCUT2D eigenvalue weighted by Crippen LogP contribution is 2.35. The summed E-state index contributed by atoms with van der Waals surface area (Å²) < 4.78 is 86.1. The van der Waals surface area contributed by atoms with E-state index in [4.69, 9.17) is 9.72 Å². The van der Waals surface area contributed by atoms with Crippen LogP contribution in [0.25, 0.3) is 28.1 Å². The van der Waals surface area contributed by atoms with Gasteiger partial charge in [0.1, 0.15) is 11.1 Å². The maximum absolute atomic E-state index is 13.2. The molecular weight excluding hydrogens is 508 g/mol. The van der Waals surface area contributed by atoms with E-state index in [0.717, 1.165) is 24.3 Å². The topological polar surface area (TPSA) is 39.4 Å². The molecule has 0 aromatic heterocycles.